The number of aryl methyl sites for hydroxylation is 2. The van der Waals surface area contributed by atoms with Gasteiger partial charge in [0.05, 0.1) is 23.9 Å². The second-order valence-electron chi connectivity index (χ2n) is 11.3. The number of imidazole rings is 1. The fraction of sp³-hybridized carbons (Fsp3) is 0.265. The van der Waals surface area contributed by atoms with E-state index in [1.807, 2.05) is 91.2 Å². The molecule has 1 fully saturated rings. The fourth-order valence-corrected chi connectivity index (χ4v) is 7.11. The largest absolute Gasteiger partial charge is 0.505 e. The average molecular weight is 640 g/mol. The second-order valence-corrected chi connectivity index (χ2v) is 13.5. The number of carbonyl (C=O) groups excluding carboxylic acids is 2. The van der Waals surface area contributed by atoms with Crippen molar-refractivity contribution in [1.29, 1.82) is 0 Å². The van der Waals surface area contributed by atoms with Gasteiger partial charge in [0.15, 0.2) is 10.1 Å². The standard InChI is InChI=1S/C34H33N5O4S2/c1-20(2)15-17-43-25-14-8-13-24(18-25)28-26(29(40)27-22(4)38-16-9-10-21(3)31(38)35-27)30(41)32(42)39(28)33-36-37-34(45-33)44-19-23-11-6-5-7-12-23/h5-14,16,18,20,28,40H,15,17,19H2,1-4H3/b29-26+. The van der Waals surface area contributed by atoms with Gasteiger partial charge in [0.2, 0.25) is 5.13 Å². The van der Waals surface area contributed by atoms with Crippen LogP contribution in [0.4, 0.5) is 5.13 Å². The summed E-state index contributed by atoms with van der Waals surface area (Å²) in [6, 6.07) is 20.1. The minimum atomic E-state index is -0.969. The zero-order chi connectivity index (χ0) is 31.7. The predicted molar refractivity (Wildman–Crippen MR) is 177 cm³/mol. The first-order valence-electron chi connectivity index (χ1n) is 14.7. The SMILES string of the molecule is Cc1cccn2c(C)c(/C(O)=C3\C(=O)C(=O)N(c4nnc(SCc5ccccc5)s4)C3c3cccc(OCCC(C)C)c3)nc12. The maximum absolute atomic E-state index is 13.8. The number of amides is 1. The van der Waals surface area contributed by atoms with Gasteiger partial charge in [-0.25, -0.2) is 4.98 Å². The molecule has 6 rings (SSSR count). The van der Waals surface area contributed by atoms with Gasteiger partial charge < -0.3 is 14.2 Å². The van der Waals surface area contributed by atoms with Gasteiger partial charge in [-0.1, -0.05) is 85.5 Å². The molecule has 9 nitrogen and oxygen atoms in total. The zero-order valence-corrected chi connectivity index (χ0v) is 27.1. The minimum absolute atomic E-state index is 0.0582. The number of Topliss-reactive ketones (excluding diaryl/α,β-unsaturated/α-hetero) is 1. The summed E-state index contributed by atoms with van der Waals surface area (Å²) in [4.78, 5) is 33.6. The summed E-state index contributed by atoms with van der Waals surface area (Å²) in [7, 11) is 0. The van der Waals surface area contributed by atoms with E-state index in [9.17, 15) is 14.7 Å². The van der Waals surface area contributed by atoms with Crippen molar-refractivity contribution in [3.8, 4) is 5.75 Å². The third kappa shape index (κ3) is 6.10. The third-order valence-electron chi connectivity index (χ3n) is 7.70. The van der Waals surface area contributed by atoms with Crippen LogP contribution in [0.15, 0.2) is 82.8 Å². The molecule has 0 spiro atoms. The molecular weight excluding hydrogens is 607 g/mol. The number of nitrogens with zero attached hydrogens (tertiary/aromatic N) is 5. The molecule has 0 radical (unpaired) electrons. The summed E-state index contributed by atoms with van der Waals surface area (Å²) >= 11 is 2.74. The van der Waals surface area contributed by atoms with Crippen LogP contribution in [0.1, 0.15) is 54.4 Å². The molecule has 1 saturated heterocycles. The van der Waals surface area contributed by atoms with E-state index in [1.54, 1.807) is 0 Å². The Hall–Kier alpha value is -4.48. The fourth-order valence-electron chi connectivity index (χ4n) is 5.28. The number of anilines is 1. The van der Waals surface area contributed by atoms with Crippen molar-refractivity contribution in [3.63, 3.8) is 0 Å². The van der Waals surface area contributed by atoms with Gasteiger partial charge in [-0.05, 0) is 61.1 Å². The number of ether oxygens (including phenoxy) is 1. The highest BCUT2D eigenvalue weighted by Gasteiger charge is 2.49. The molecule has 1 amide bonds. The molecule has 11 heteroatoms. The summed E-state index contributed by atoms with van der Waals surface area (Å²) in [5.74, 6) is -0.180. The van der Waals surface area contributed by atoms with Crippen LogP contribution >= 0.6 is 23.1 Å². The summed E-state index contributed by atoms with van der Waals surface area (Å²) in [5, 5.41) is 20.7. The van der Waals surface area contributed by atoms with E-state index in [1.165, 1.54) is 28.0 Å². The molecule has 1 unspecified atom stereocenters. The van der Waals surface area contributed by atoms with E-state index in [0.717, 1.165) is 17.5 Å². The highest BCUT2D eigenvalue weighted by atomic mass is 32.2. The smallest absolute Gasteiger partial charge is 0.301 e. The van der Waals surface area contributed by atoms with Crippen LogP contribution in [0.5, 0.6) is 5.75 Å². The topological polar surface area (TPSA) is 110 Å². The van der Waals surface area contributed by atoms with Gasteiger partial charge in [-0.15, -0.1) is 10.2 Å². The first-order valence-corrected chi connectivity index (χ1v) is 16.5. The van der Waals surface area contributed by atoms with E-state index in [-0.39, 0.29) is 22.2 Å². The molecule has 0 aliphatic carbocycles. The number of hydrogen-bond donors (Lipinski definition) is 1. The lowest BCUT2D eigenvalue weighted by molar-refractivity contribution is -0.132. The summed E-state index contributed by atoms with van der Waals surface area (Å²) in [6.07, 6.45) is 2.73. The molecular formula is C34H33N5O4S2. The van der Waals surface area contributed by atoms with Gasteiger partial charge in [0.25, 0.3) is 5.78 Å². The first kappa shape index (κ1) is 30.5. The molecule has 1 aliphatic rings. The number of thioether (sulfide) groups is 1. The number of aliphatic hydroxyl groups excluding tert-OH is 1. The molecule has 1 aliphatic heterocycles. The van der Waals surface area contributed by atoms with Crippen LogP contribution < -0.4 is 9.64 Å². The van der Waals surface area contributed by atoms with Crippen LogP contribution in [-0.2, 0) is 15.3 Å². The summed E-state index contributed by atoms with van der Waals surface area (Å²) < 4.78 is 8.55. The monoisotopic (exact) mass is 639 g/mol. The average Bonchev–Trinajstić information content (AvgIpc) is 3.71. The van der Waals surface area contributed by atoms with Gasteiger partial charge >= 0.3 is 5.91 Å². The van der Waals surface area contributed by atoms with Gasteiger partial charge in [-0.3, -0.25) is 14.5 Å². The van der Waals surface area contributed by atoms with Crippen LogP contribution in [0.3, 0.4) is 0 Å². The van der Waals surface area contributed by atoms with Crippen molar-refractivity contribution < 1.29 is 19.4 Å². The van der Waals surface area contributed by atoms with Crippen molar-refractivity contribution >= 4 is 51.3 Å². The van der Waals surface area contributed by atoms with Crippen molar-refractivity contribution in [1.82, 2.24) is 19.6 Å². The summed E-state index contributed by atoms with van der Waals surface area (Å²) in [6.45, 7) is 8.54. The summed E-state index contributed by atoms with van der Waals surface area (Å²) in [5.41, 5.74) is 4.14. The van der Waals surface area contributed by atoms with E-state index in [2.05, 4.69) is 24.0 Å². The Balaban J connectivity index is 1.43. The Morgan fingerprint density at radius 1 is 1.04 bits per heavy atom. The number of fused-ring (bicyclic) bond motifs is 1. The quantitative estimate of drug-likeness (QED) is 0.0564. The van der Waals surface area contributed by atoms with Gasteiger partial charge in [0, 0.05) is 11.9 Å². The lowest BCUT2D eigenvalue weighted by Crippen LogP contribution is -2.29. The van der Waals surface area contributed by atoms with Crippen LogP contribution in [0, 0.1) is 19.8 Å². The zero-order valence-electron chi connectivity index (χ0n) is 25.4. The van der Waals surface area contributed by atoms with Crippen LogP contribution in [-0.4, -0.2) is 43.0 Å². The molecule has 5 aromatic rings. The minimum Gasteiger partial charge on any atom is -0.505 e. The second kappa shape index (κ2) is 12.9. The Kier molecular flexibility index (Phi) is 8.73. The Bertz CT molecular complexity index is 1910. The number of aromatic nitrogens is 4. The number of benzene rings is 2. The Labute approximate surface area is 269 Å². The van der Waals surface area contributed by atoms with Gasteiger partial charge in [-0.2, -0.15) is 0 Å². The molecule has 2 aromatic carbocycles. The van der Waals surface area contributed by atoms with Crippen molar-refractivity contribution in [2.24, 2.45) is 5.92 Å². The molecule has 230 valence electrons. The maximum atomic E-state index is 13.8. The molecule has 3 aromatic heterocycles. The third-order valence-corrected chi connectivity index (χ3v) is 9.82. The highest BCUT2D eigenvalue weighted by Crippen LogP contribution is 2.45. The Morgan fingerprint density at radius 2 is 1.84 bits per heavy atom. The molecule has 1 N–H and O–H groups in total. The van der Waals surface area contributed by atoms with Gasteiger partial charge in [0.1, 0.15) is 17.1 Å². The van der Waals surface area contributed by atoms with Crippen LogP contribution in [0.25, 0.3) is 11.4 Å². The molecule has 45 heavy (non-hydrogen) atoms. The number of aliphatic hydroxyl groups is 1. The number of rotatable bonds is 10. The van der Waals surface area contributed by atoms with E-state index in [4.69, 9.17) is 9.72 Å². The molecule has 1 atom stereocenters. The molecule has 0 saturated carbocycles. The van der Waals surface area contributed by atoms with E-state index in [0.29, 0.717) is 45.3 Å². The Morgan fingerprint density at radius 3 is 2.60 bits per heavy atom. The lowest BCUT2D eigenvalue weighted by Gasteiger charge is -2.23. The lowest BCUT2D eigenvalue weighted by atomic mass is 9.96. The first-order chi connectivity index (χ1) is 21.7. The number of pyridine rings is 1. The molecule has 4 heterocycles. The van der Waals surface area contributed by atoms with Crippen molar-refractivity contribution in [2.45, 2.75) is 50.3 Å². The maximum Gasteiger partial charge on any atom is 0.301 e. The normalized spacial score (nSPS) is 16.3. The van der Waals surface area contributed by atoms with Crippen LogP contribution in [0.2, 0.25) is 0 Å². The predicted octanol–water partition coefficient (Wildman–Crippen LogP) is 7.15. The molecule has 0 bridgehead atoms. The number of ketones is 1. The van der Waals surface area contributed by atoms with E-state index < -0.39 is 17.7 Å². The number of carbonyl (C=O) groups is 2. The number of hydrogen-bond acceptors (Lipinski definition) is 9. The van der Waals surface area contributed by atoms with Crippen molar-refractivity contribution in [3.05, 3.63) is 107 Å². The highest BCUT2D eigenvalue weighted by molar-refractivity contribution is 8.00. The van der Waals surface area contributed by atoms with E-state index >= 15 is 0 Å². The van der Waals surface area contributed by atoms with Crippen molar-refractivity contribution in [2.75, 3.05) is 11.5 Å².